The van der Waals surface area contributed by atoms with E-state index in [-0.39, 0.29) is 11.6 Å². The topological polar surface area (TPSA) is 84.4 Å². The lowest BCUT2D eigenvalue weighted by molar-refractivity contribution is 0.0600. The molecule has 1 heterocycles. The maximum absolute atomic E-state index is 12.4. The minimum Gasteiger partial charge on any atom is -0.465 e. The minimum atomic E-state index is -0.461. The Balaban J connectivity index is 2.09. The van der Waals surface area contributed by atoms with Gasteiger partial charge in [0.1, 0.15) is 0 Å². The summed E-state index contributed by atoms with van der Waals surface area (Å²) in [7, 11) is 1.31. The van der Waals surface area contributed by atoms with E-state index in [1.807, 2.05) is 0 Å². The second-order valence-corrected chi connectivity index (χ2v) is 5.79. The molecule has 1 aromatic carbocycles. The van der Waals surface area contributed by atoms with Crippen molar-refractivity contribution in [3.05, 3.63) is 47.7 Å². The molecule has 0 spiro atoms. The zero-order valence-corrected chi connectivity index (χ0v) is 15.4. The Morgan fingerprint density at radius 3 is 2.38 bits per heavy atom. The van der Waals surface area contributed by atoms with Crippen molar-refractivity contribution < 1.29 is 14.3 Å². The number of benzene rings is 1. The van der Waals surface area contributed by atoms with Crippen LogP contribution in [0.15, 0.2) is 36.4 Å². The molecule has 0 saturated carbocycles. The third-order valence-electron chi connectivity index (χ3n) is 3.74. The average molecular weight is 356 g/mol. The first-order valence-electron chi connectivity index (χ1n) is 8.67. The molecule has 0 aliphatic carbocycles. The summed E-state index contributed by atoms with van der Waals surface area (Å²) in [6.45, 7) is 6.02. The average Bonchev–Trinajstić information content (AvgIpc) is 2.67. The number of methoxy groups -OCH3 is 1. The van der Waals surface area contributed by atoms with Crippen LogP contribution in [0.5, 0.6) is 0 Å². The van der Waals surface area contributed by atoms with E-state index in [4.69, 9.17) is 0 Å². The van der Waals surface area contributed by atoms with Crippen molar-refractivity contribution in [2.24, 2.45) is 0 Å². The summed E-state index contributed by atoms with van der Waals surface area (Å²) in [5.41, 5.74) is 1.06. The van der Waals surface area contributed by atoms with Crippen LogP contribution >= 0.6 is 0 Å². The molecule has 0 unspecified atom stereocenters. The molecule has 0 radical (unpaired) electrons. The lowest BCUT2D eigenvalue weighted by Gasteiger charge is -2.21. The van der Waals surface area contributed by atoms with Gasteiger partial charge in [-0.05, 0) is 43.2 Å². The SMILES string of the molecule is CCCN(CCC)c1ccc(C(=O)Nc2cccc(C(=O)OC)c2)nn1. The van der Waals surface area contributed by atoms with Gasteiger partial charge in [-0.3, -0.25) is 4.79 Å². The molecule has 138 valence electrons. The second-order valence-electron chi connectivity index (χ2n) is 5.79. The van der Waals surface area contributed by atoms with Crippen molar-refractivity contribution in [1.82, 2.24) is 10.2 Å². The monoisotopic (exact) mass is 356 g/mol. The summed E-state index contributed by atoms with van der Waals surface area (Å²) in [5, 5.41) is 10.9. The fraction of sp³-hybridized carbons (Fsp3) is 0.368. The molecule has 0 aliphatic heterocycles. The van der Waals surface area contributed by atoms with E-state index in [2.05, 4.69) is 39.0 Å². The Kier molecular flexibility index (Phi) is 7.08. The van der Waals surface area contributed by atoms with Crippen LogP contribution in [-0.2, 0) is 4.74 Å². The van der Waals surface area contributed by atoms with Gasteiger partial charge in [-0.2, -0.15) is 0 Å². The number of aromatic nitrogens is 2. The Morgan fingerprint density at radius 2 is 1.81 bits per heavy atom. The molecule has 0 fully saturated rings. The maximum atomic E-state index is 12.4. The Hall–Kier alpha value is -2.96. The predicted molar refractivity (Wildman–Crippen MR) is 101 cm³/mol. The van der Waals surface area contributed by atoms with Crippen LogP contribution in [0, 0.1) is 0 Å². The Morgan fingerprint density at radius 1 is 1.08 bits per heavy atom. The summed E-state index contributed by atoms with van der Waals surface area (Å²) in [4.78, 5) is 26.1. The predicted octanol–water partition coefficient (Wildman–Crippen LogP) is 3.14. The van der Waals surface area contributed by atoms with Gasteiger partial charge in [0, 0.05) is 18.8 Å². The highest BCUT2D eigenvalue weighted by molar-refractivity contribution is 6.03. The van der Waals surface area contributed by atoms with E-state index in [1.54, 1.807) is 36.4 Å². The Labute approximate surface area is 153 Å². The number of nitrogens with zero attached hydrogens (tertiary/aromatic N) is 3. The van der Waals surface area contributed by atoms with E-state index < -0.39 is 5.97 Å². The fourth-order valence-corrected chi connectivity index (χ4v) is 2.53. The van der Waals surface area contributed by atoms with Gasteiger partial charge in [-0.15, -0.1) is 10.2 Å². The van der Waals surface area contributed by atoms with Crippen LogP contribution in [-0.4, -0.2) is 42.3 Å². The number of carbonyl (C=O) groups excluding carboxylic acids is 2. The number of ether oxygens (including phenoxy) is 1. The molecular weight excluding hydrogens is 332 g/mol. The molecule has 1 amide bonds. The molecule has 26 heavy (non-hydrogen) atoms. The summed E-state index contributed by atoms with van der Waals surface area (Å²) in [6, 6.07) is 9.99. The lowest BCUT2D eigenvalue weighted by atomic mass is 10.2. The van der Waals surface area contributed by atoms with Crippen molar-refractivity contribution in [3.63, 3.8) is 0 Å². The largest absolute Gasteiger partial charge is 0.465 e. The maximum Gasteiger partial charge on any atom is 0.337 e. The van der Waals surface area contributed by atoms with E-state index in [0.29, 0.717) is 11.3 Å². The standard InChI is InChI=1S/C19H24N4O3/c1-4-11-23(12-5-2)17-10-9-16(21-22-17)18(24)20-15-8-6-7-14(13-15)19(25)26-3/h6-10,13H,4-5,11-12H2,1-3H3,(H,20,24). The van der Waals surface area contributed by atoms with Gasteiger partial charge in [-0.1, -0.05) is 19.9 Å². The van der Waals surface area contributed by atoms with Gasteiger partial charge in [0.05, 0.1) is 12.7 Å². The smallest absolute Gasteiger partial charge is 0.337 e. The number of esters is 1. The van der Waals surface area contributed by atoms with Crippen LogP contribution < -0.4 is 10.2 Å². The third kappa shape index (κ3) is 5.02. The van der Waals surface area contributed by atoms with E-state index in [9.17, 15) is 9.59 Å². The second kappa shape index (κ2) is 9.50. The van der Waals surface area contributed by atoms with Gasteiger partial charge < -0.3 is 15.0 Å². The summed E-state index contributed by atoms with van der Waals surface area (Å²) in [5.74, 6) is -0.0845. The highest BCUT2D eigenvalue weighted by Crippen LogP contribution is 2.14. The lowest BCUT2D eigenvalue weighted by Crippen LogP contribution is -2.26. The van der Waals surface area contributed by atoms with Crippen molar-refractivity contribution in [1.29, 1.82) is 0 Å². The highest BCUT2D eigenvalue weighted by Gasteiger charge is 2.13. The van der Waals surface area contributed by atoms with Crippen LogP contribution in [0.2, 0.25) is 0 Å². The highest BCUT2D eigenvalue weighted by atomic mass is 16.5. The zero-order valence-electron chi connectivity index (χ0n) is 15.4. The Bertz CT molecular complexity index is 741. The van der Waals surface area contributed by atoms with Gasteiger partial charge in [0.25, 0.3) is 5.91 Å². The number of hydrogen-bond acceptors (Lipinski definition) is 6. The van der Waals surface area contributed by atoms with Crippen molar-refractivity contribution in [2.45, 2.75) is 26.7 Å². The molecule has 1 aromatic heterocycles. The van der Waals surface area contributed by atoms with Crippen LogP contribution in [0.1, 0.15) is 47.5 Å². The third-order valence-corrected chi connectivity index (χ3v) is 3.74. The van der Waals surface area contributed by atoms with Crippen molar-refractivity contribution >= 4 is 23.4 Å². The van der Waals surface area contributed by atoms with Crippen LogP contribution in [0.3, 0.4) is 0 Å². The molecule has 7 nitrogen and oxygen atoms in total. The molecule has 2 aromatic rings. The summed E-state index contributed by atoms with van der Waals surface area (Å²) < 4.78 is 4.68. The van der Waals surface area contributed by atoms with Gasteiger partial charge >= 0.3 is 5.97 Å². The van der Waals surface area contributed by atoms with Gasteiger partial charge in [0.15, 0.2) is 11.5 Å². The van der Waals surface area contributed by atoms with Crippen molar-refractivity contribution in [2.75, 3.05) is 30.4 Å². The van der Waals surface area contributed by atoms with Gasteiger partial charge in [0.2, 0.25) is 0 Å². The molecule has 0 aliphatic rings. The minimum absolute atomic E-state index is 0.213. The fourth-order valence-electron chi connectivity index (χ4n) is 2.53. The van der Waals surface area contributed by atoms with Gasteiger partial charge in [-0.25, -0.2) is 4.79 Å². The molecule has 0 atom stereocenters. The summed E-state index contributed by atoms with van der Waals surface area (Å²) >= 11 is 0. The molecule has 2 rings (SSSR count). The number of anilines is 2. The molecule has 0 saturated heterocycles. The van der Waals surface area contributed by atoms with E-state index in [1.165, 1.54) is 7.11 Å². The molecule has 1 N–H and O–H groups in total. The van der Waals surface area contributed by atoms with Crippen LogP contribution in [0.25, 0.3) is 0 Å². The number of rotatable bonds is 8. The van der Waals surface area contributed by atoms with Crippen molar-refractivity contribution in [3.8, 4) is 0 Å². The molecule has 7 heteroatoms. The number of amides is 1. The van der Waals surface area contributed by atoms with E-state index in [0.717, 1.165) is 31.7 Å². The zero-order chi connectivity index (χ0) is 18.9. The van der Waals surface area contributed by atoms with Crippen LogP contribution in [0.4, 0.5) is 11.5 Å². The number of hydrogen-bond donors (Lipinski definition) is 1. The first kappa shape index (κ1) is 19.4. The molecular formula is C19H24N4O3. The number of carbonyl (C=O) groups is 2. The molecule has 0 bridgehead atoms. The van der Waals surface area contributed by atoms with E-state index >= 15 is 0 Å². The number of nitrogens with one attached hydrogen (secondary N) is 1. The normalized spacial score (nSPS) is 10.3. The quantitative estimate of drug-likeness (QED) is 0.732. The first-order chi connectivity index (χ1) is 12.6. The first-order valence-corrected chi connectivity index (χ1v) is 8.67. The summed E-state index contributed by atoms with van der Waals surface area (Å²) in [6.07, 6.45) is 2.03.